The SMILES string of the molecule is CCCCCCC/C=C/C/C(C)=C/CCCO. The fourth-order valence-corrected chi connectivity index (χ4v) is 1.78. The van der Waals surface area contributed by atoms with Gasteiger partial charge in [-0.2, -0.15) is 0 Å². The van der Waals surface area contributed by atoms with Gasteiger partial charge in [0.1, 0.15) is 0 Å². The molecular weight excluding hydrogens is 208 g/mol. The summed E-state index contributed by atoms with van der Waals surface area (Å²) in [7, 11) is 0. The largest absolute Gasteiger partial charge is 0.396 e. The van der Waals surface area contributed by atoms with Crippen LogP contribution in [0, 0.1) is 0 Å². The van der Waals surface area contributed by atoms with E-state index < -0.39 is 0 Å². The summed E-state index contributed by atoms with van der Waals surface area (Å²) in [6, 6.07) is 0. The van der Waals surface area contributed by atoms with Gasteiger partial charge in [-0.25, -0.2) is 0 Å². The van der Waals surface area contributed by atoms with Gasteiger partial charge >= 0.3 is 0 Å². The third-order valence-electron chi connectivity index (χ3n) is 2.94. The van der Waals surface area contributed by atoms with E-state index in [1.54, 1.807) is 0 Å². The van der Waals surface area contributed by atoms with Gasteiger partial charge in [0.05, 0.1) is 0 Å². The van der Waals surface area contributed by atoms with Gasteiger partial charge in [-0.15, -0.1) is 0 Å². The van der Waals surface area contributed by atoms with Crippen LogP contribution in [0.15, 0.2) is 23.8 Å². The Kier molecular flexibility index (Phi) is 13.1. The normalized spacial score (nSPS) is 12.5. The van der Waals surface area contributed by atoms with Gasteiger partial charge in [0.2, 0.25) is 0 Å². The highest BCUT2D eigenvalue weighted by Crippen LogP contribution is 2.07. The van der Waals surface area contributed by atoms with Crippen LogP contribution in [0.2, 0.25) is 0 Å². The maximum atomic E-state index is 8.67. The molecule has 0 aliphatic rings. The van der Waals surface area contributed by atoms with E-state index in [1.165, 1.54) is 44.1 Å². The zero-order chi connectivity index (χ0) is 12.8. The van der Waals surface area contributed by atoms with Crippen LogP contribution in [-0.4, -0.2) is 11.7 Å². The second-order valence-corrected chi connectivity index (χ2v) is 4.79. The number of hydrogen-bond acceptors (Lipinski definition) is 1. The quantitative estimate of drug-likeness (QED) is 0.396. The molecule has 0 radical (unpaired) electrons. The molecule has 0 fully saturated rings. The fourth-order valence-electron chi connectivity index (χ4n) is 1.78. The van der Waals surface area contributed by atoms with E-state index >= 15 is 0 Å². The Hall–Kier alpha value is -0.560. The summed E-state index contributed by atoms with van der Waals surface area (Å²) in [4.78, 5) is 0. The van der Waals surface area contributed by atoms with Crippen LogP contribution < -0.4 is 0 Å². The first-order valence-electron chi connectivity index (χ1n) is 7.22. The van der Waals surface area contributed by atoms with Crippen molar-refractivity contribution in [3.05, 3.63) is 23.8 Å². The van der Waals surface area contributed by atoms with Crippen LogP contribution in [0.4, 0.5) is 0 Å². The van der Waals surface area contributed by atoms with Crippen molar-refractivity contribution < 1.29 is 5.11 Å². The van der Waals surface area contributed by atoms with Crippen molar-refractivity contribution >= 4 is 0 Å². The first kappa shape index (κ1) is 16.4. The van der Waals surface area contributed by atoms with Crippen molar-refractivity contribution in [1.82, 2.24) is 0 Å². The molecule has 0 atom stereocenters. The summed E-state index contributed by atoms with van der Waals surface area (Å²) in [5, 5.41) is 8.67. The molecule has 100 valence electrons. The predicted molar refractivity (Wildman–Crippen MR) is 77.2 cm³/mol. The molecule has 0 saturated carbocycles. The highest BCUT2D eigenvalue weighted by Gasteiger charge is 1.88. The molecular formula is C16H30O. The summed E-state index contributed by atoms with van der Waals surface area (Å²) < 4.78 is 0. The standard InChI is InChI=1S/C16H30O/c1-3-4-5-6-7-8-9-10-13-16(2)14-11-12-15-17/h9-10,14,17H,3-8,11-13,15H2,1-2H3/b10-9+,16-14+. The number of hydrogen-bond donors (Lipinski definition) is 1. The van der Waals surface area contributed by atoms with Gasteiger partial charge in [-0.05, 0) is 39.0 Å². The van der Waals surface area contributed by atoms with Crippen molar-refractivity contribution in [2.75, 3.05) is 6.61 Å². The van der Waals surface area contributed by atoms with Gasteiger partial charge in [-0.3, -0.25) is 0 Å². The maximum Gasteiger partial charge on any atom is 0.0433 e. The average Bonchev–Trinajstić information content (AvgIpc) is 2.33. The molecule has 0 bridgehead atoms. The Bertz CT molecular complexity index is 204. The van der Waals surface area contributed by atoms with Gasteiger partial charge in [-0.1, -0.05) is 56.4 Å². The molecule has 0 aromatic heterocycles. The molecule has 1 heteroatoms. The van der Waals surface area contributed by atoms with Gasteiger partial charge < -0.3 is 5.11 Å². The first-order valence-corrected chi connectivity index (χ1v) is 7.22. The lowest BCUT2D eigenvalue weighted by Crippen LogP contribution is -1.81. The van der Waals surface area contributed by atoms with Gasteiger partial charge in [0, 0.05) is 6.61 Å². The topological polar surface area (TPSA) is 20.2 Å². The summed E-state index contributed by atoms with van der Waals surface area (Å²) in [5.41, 5.74) is 1.42. The van der Waals surface area contributed by atoms with Crippen molar-refractivity contribution in [3.63, 3.8) is 0 Å². The smallest absolute Gasteiger partial charge is 0.0433 e. The van der Waals surface area contributed by atoms with Crippen molar-refractivity contribution in [3.8, 4) is 0 Å². The average molecular weight is 238 g/mol. The molecule has 0 aromatic carbocycles. The summed E-state index contributed by atoms with van der Waals surface area (Å²) in [5.74, 6) is 0. The van der Waals surface area contributed by atoms with E-state index in [0.717, 1.165) is 19.3 Å². The Morgan fingerprint density at radius 3 is 2.41 bits per heavy atom. The minimum absolute atomic E-state index is 0.303. The van der Waals surface area contributed by atoms with Crippen LogP contribution in [-0.2, 0) is 0 Å². The lowest BCUT2D eigenvalue weighted by atomic mass is 10.1. The molecule has 0 heterocycles. The molecule has 0 unspecified atom stereocenters. The summed E-state index contributed by atoms with van der Waals surface area (Å²) in [6.07, 6.45) is 17.9. The number of aliphatic hydroxyl groups excluding tert-OH is 1. The van der Waals surface area contributed by atoms with E-state index in [4.69, 9.17) is 5.11 Å². The third-order valence-corrected chi connectivity index (χ3v) is 2.94. The Morgan fingerprint density at radius 2 is 1.71 bits per heavy atom. The molecule has 0 spiro atoms. The molecule has 0 aromatic rings. The lowest BCUT2D eigenvalue weighted by molar-refractivity contribution is 0.289. The van der Waals surface area contributed by atoms with Crippen molar-refractivity contribution in [2.45, 2.75) is 71.6 Å². The summed E-state index contributed by atoms with van der Waals surface area (Å²) in [6.45, 7) is 4.73. The minimum Gasteiger partial charge on any atom is -0.396 e. The Labute approximate surface area is 108 Å². The Morgan fingerprint density at radius 1 is 0.941 bits per heavy atom. The minimum atomic E-state index is 0.303. The van der Waals surface area contributed by atoms with Crippen molar-refractivity contribution in [2.24, 2.45) is 0 Å². The second-order valence-electron chi connectivity index (χ2n) is 4.79. The number of aliphatic hydroxyl groups is 1. The van der Waals surface area contributed by atoms with Crippen LogP contribution in [0.1, 0.15) is 71.6 Å². The lowest BCUT2D eigenvalue weighted by Gasteiger charge is -1.97. The molecule has 1 nitrogen and oxygen atoms in total. The maximum absolute atomic E-state index is 8.67. The molecule has 1 N–H and O–H groups in total. The zero-order valence-corrected chi connectivity index (χ0v) is 11.8. The molecule has 0 aliphatic carbocycles. The monoisotopic (exact) mass is 238 g/mol. The number of rotatable bonds is 11. The molecule has 0 amide bonds. The fraction of sp³-hybridized carbons (Fsp3) is 0.750. The summed E-state index contributed by atoms with van der Waals surface area (Å²) >= 11 is 0. The molecule has 0 aliphatic heterocycles. The Balaban J connectivity index is 3.37. The molecule has 0 saturated heterocycles. The van der Waals surface area contributed by atoms with Crippen LogP contribution >= 0.6 is 0 Å². The van der Waals surface area contributed by atoms with E-state index in [-0.39, 0.29) is 0 Å². The highest BCUT2D eigenvalue weighted by atomic mass is 16.2. The van der Waals surface area contributed by atoms with Crippen LogP contribution in [0.25, 0.3) is 0 Å². The first-order chi connectivity index (χ1) is 8.31. The van der Waals surface area contributed by atoms with Crippen molar-refractivity contribution in [1.29, 1.82) is 0 Å². The molecule has 17 heavy (non-hydrogen) atoms. The number of allylic oxidation sites excluding steroid dienone is 4. The van der Waals surface area contributed by atoms with E-state index in [1.807, 2.05) is 0 Å². The third kappa shape index (κ3) is 13.4. The second kappa shape index (κ2) is 13.5. The van der Waals surface area contributed by atoms with Gasteiger partial charge in [0.15, 0.2) is 0 Å². The van der Waals surface area contributed by atoms with E-state index in [2.05, 4.69) is 32.1 Å². The van der Waals surface area contributed by atoms with E-state index in [0.29, 0.717) is 6.61 Å². The predicted octanol–water partition coefficient (Wildman–Crippen LogP) is 5.01. The zero-order valence-electron chi connectivity index (χ0n) is 11.8. The van der Waals surface area contributed by atoms with E-state index in [9.17, 15) is 0 Å². The number of unbranched alkanes of at least 4 members (excludes halogenated alkanes) is 6. The van der Waals surface area contributed by atoms with Crippen LogP contribution in [0.5, 0.6) is 0 Å². The molecule has 0 rings (SSSR count). The van der Waals surface area contributed by atoms with Gasteiger partial charge in [0.25, 0.3) is 0 Å². The van der Waals surface area contributed by atoms with Crippen LogP contribution in [0.3, 0.4) is 0 Å². The highest BCUT2D eigenvalue weighted by molar-refractivity contribution is 5.04.